The zero-order chi connectivity index (χ0) is 21.3. The Kier molecular flexibility index (Phi) is 5.23. The van der Waals surface area contributed by atoms with Crippen molar-refractivity contribution < 1.29 is 4.79 Å². The van der Waals surface area contributed by atoms with Gasteiger partial charge in [-0.15, -0.1) is 0 Å². The molecule has 152 valence electrons. The third-order valence-corrected chi connectivity index (χ3v) is 5.23. The van der Waals surface area contributed by atoms with E-state index in [2.05, 4.69) is 17.2 Å². The summed E-state index contributed by atoms with van der Waals surface area (Å²) in [6.07, 6.45) is 2.54. The molecule has 0 saturated carbocycles. The Labute approximate surface area is 174 Å². The molecule has 6 heteroatoms. The van der Waals surface area contributed by atoms with Crippen LogP contribution in [0.15, 0.2) is 65.6 Å². The minimum absolute atomic E-state index is 0.0292. The van der Waals surface area contributed by atoms with Crippen molar-refractivity contribution in [2.24, 2.45) is 0 Å². The molecule has 30 heavy (non-hydrogen) atoms. The molecule has 4 aromatic rings. The lowest BCUT2D eigenvalue weighted by Gasteiger charge is -2.14. The molecule has 2 heterocycles. The molecule has 0 bridgehead atoms. The number of amides is 1. The van der Waals surface area contributed by atoms with Crippen LogP contribution in [0, 0.1) is 13.8 Å². The van der Waals surface area contributed by atoms with E-state index in [0.717, 1.165) is 23.2 Å². The van der Waals surface area contributed by atoms with Gasteiger partial charge in [0.1, 0.15) is 6.54 Å². The number of aromatic nitrogens is 3. The number of benzene rings is 2. The molecule has 1 N–H and O–H groups in total. The number of rotatable bonds is 5. The second kappa shape index (κ2) is 7.99. The molecule has 0 saturated heterocycles. The SMILES string of the molecule is CCc1ccc(-n2c(=O)c3cccnc3n2CC(=O)Nc2ccc(C)cc2C)cc1. The first kappa shape index (κ1) is 19.6. The Bertz CT molecular complexity index is 1280. The third kappa shape index (κ3) is 3.64. The minimum Gasteiger partial charge on any atom is -0.324 e. The van der Waals surface area contributed by atoms with E-state index in [4.69, 9.17) is 0 Å². The highest BCUT2D eigenvalue weighted by Gasteiger charge is 2.18. The number of nitrogens with one attached hydrogen (secondary N) is 1. The fraction of sp³-hybridized carbons (Fsp3) is 0.208. The molecular weight excluding hydrogens is 376 g/mol. The lowest BCUT2D eigenvalue weighted by molar-refractivity contribution is -0.116. The molecule has 6 nitrogen and oxygen atoms in total. The highest BCUT2D eigenvalue weighted by molar-refractivity contribution is 5.92. The third-order valence-electron chi connectivity index (χ3n) is 5.23. The van der Waals surface area contributed by atoms with Crippen LogP contribution in [0.2, 0.25) is 0 Å². The number of aryl methyl sites for hydroxylation is 3. The van der Waals surface area contributed by atoms with E-state index in [-0.39, 0.29) is 18.0 Å². The Balaban J connectivity index is 1.75. The second-order valence-electron chi connectivity index (χ2n) is 7.44. The van der Waals surface area contributed by atoms with Crippen molar-refractivity contribution in [3.63, 3.8) is 0 Å². The minimum atomic E-state index is -0.219. The summed E-state index contributed by atoms with van der Waals surface area (Å²) in [5, 5.41) is 3.44. The molecule has 0 aliphatic carbocycles. The molecule has 0 atom stereocenters. The molecule has 0 fully saturated rings. The summed E-state index contributed by atoms with van der Waals surface area (Å²) in [6, 6.07) is 17.1. The zero-order valence-electron chi connectivity index (χ0n) is 17.3. The van der Waals surface area contributed by atoms with Crippen molar-refractivity contribution in [1.29, 1.82) is 0 Å². The maximum atomic E-state index is 13.1. The van der Waals surface area contributed by atoms with Gasteiger partial charge in [-0.3, -0.25) is 14.3 Å². The fourth-order valence-electron chi connectivity index (χ4n) is 3.64. The van der Waals surface area contributed by atoms with Gasteiger partial charge in [-0.05, 0) is 61.7 Å². The second-order valence-corrected chi connectivity index (χ2v) is 7.44. The molecule has 0 spiro atoms. The van der Waals surface area contributed by atoms with E-state index in [0.29, 0.717) is 16.7 Å². The van der Waals surface area contributed by atoms with Gasteiger partial charge in [-0.1, -0.05) is 36.8 Å². The van der Waals surface area contributed by atoms with Crippen molar-refractivity contribution >= 4 is 22.6 Å². The van der Waals surface area contributed by atoms with Crippen LogP contribution in [0.3, 0.4) is 0 Å². The van der Waals surface area contributed by atoms with Crippen LogP contribution in [-0.4, -0.2) is 20.3 Å². The van der Waals surface area contributed by atoms with Crippen molar-refractivity contribution in [2.75, 3.05) is 5.32 Å². The number of carbonyl (C=O) groups excluding carboxylic acids is 1. The summed E-state index contributed by atoms with van der Waals surface area (Å²) >= 11 is 0. The molecule has 0 radical (unpaired) electrons. The molecule has 0 unspecified atom stereocenters. The van der Waals surface area contributed by atoms with E-state index in [1.807, 2.05) is 56.3 Å². The highest BCUT2D eigenvalue weighted by atomic mass is 16.2. The molecule has 2 aromatic carbocycles. The van der Waals surface area contributed by atoms with Gasteiger partial charge in [0.15, 0.2) is 5.65 Å². The lowest BCUT2D eigenvalue weighted by Crippen LogP contribution is -2.27. The molecular formula is C24H24N4O2. The highest BCUT2D eigenvalue weighted by Crippen LogP contribution is 2.18. The van der Waals surface area contributed by atoms with Crippen LogP contribution in [0.5, 0.6) is 0 Å². The summed E-state index contributed by atoms with van der Waals surface area (Å²) in [5.41, 5.74) is 5.06. The van der Waals surface area contributed by atoms with Gasteiger partial charge >= 0.3 is 0 Å². The Morgan fingerprint density at radius 2 is 1.83 bits per heavy atom. The van der Waals surface area contributed by atoms with E-state index in [1.165, 1.54) is 10.2 Å². The number of carbonyl (C=O) groups is 1. The van der Waals surface area contributed by atoms with Crippen molar-refractivity contribution in [3.8, 4) is 5.69 Å². The van der Waals surface area contributed by atoms with Crippen LogP contribution in [0.4, 0.5) is 5.69 Å². The first-order chi connectivity index (χ1) is 14.5. The van der Waals surface area contributed by atoms with E-state index in [9.17, 15) is 9.59 Å². The van der Waals surface area contributed by atoms with Gasteiger partial charge in [0.25, 0.3) is 5.56 Å². The first-order valence-corrected chi connectivity index (χ1v) is 10.0. The number of pyridine rings is 1. The number of hydrogen-bond donors (Lipinski definition) is 1. The smallest absolute Gasteiger partial charge is 0.280 e. The maximum Gasteiger partial charge on any atom is 0.280 e. The van der Waals surface area contributed by atoms with Gasteiger partial charge in [0.05, 0.1) is 11.1 Å². The summed E-state index contributed by atoms with van der Waals surface area (Å²) < 4.78 is 3.16. The maximum absolute atomic E-state index is 13.1. The van der Waals surface area contributed by atoms with Crippen molar-refractivity contribution in [2.45, 2.75) is 33.7 Å². The van der Waals surface area contributed by atoms with Crippen LogP contribution in [0.25, 0.3) is 16.7 Å². The summed E-state index contributed by atoms with van der Waals surface area (Å²) in [4.78, 5) is 30.4. The number of hydrogen-bond acceptors (Lipinski definition) is 3. The van der Waals surface area contributed by atoms with Crippen LogP contribution < -0.4 is 10.9 Å². The van der Waals surface area contributed by atoms with Crippen molar-refractivity contribution in [3.05, 3.63) is 87.8 Å². The standard InChI is InChI=1S/C24H24N4O2/c1-4-18-8-10-19(11-9-18)28-24(30)20-6-5-13-25-23(20)27(28)15-22(29)26-21-12-7-16(2)14-17(21)3/h5-14H,4,15H2,1-3H3,(H,26,29). The zero-order valence-corrected chi connectivity index (χ0v) is 17.3. The predicted octanol–water partition coefficient (Wildman–Crippen LogP) is 4.01. The fourth-order valence-corrected chi connectivity index (χ4v) is 3.64. The van der Waals surface area contributed by atoms with Gasteiger partial charge < -0.3 is 5.32 Å². The molecule has 1 amide bonds. The van der Waals surface area contributed by atoms with E-state index in [1.54, 1.807) is 23.0 Å². The van der Waals surface area contributed by atoms with Gasteiger partial charge in [-0.25, -0.2) is 9.67 Å². The van der Waals surface area contributed by atoms with E-state index < -0.39 is 0 Å². The van der Waals surface area contributed by atoms with Crippen LogP contribution in [-0.2, 0) is 17.8 Å². The number of anilines is 1. The predicted molar refractivity (Wildman–Crippen MR) is 119 cm³/mol. The van der Waals surface area contributed by atoms with Gasteiger partial charge in [0.2, 0.25) is 5.91 Å². The molecule has 0 aliphatic heterocycles. The Morgan fingerprint density at radius 3 is 2.53 bits per heavy atom. The largest absolute Gasteiger partial charge is 0.324 e. The van der Waals surface area contributed by atoms with Crippen LogP contribution >= 0.6 is 0 Å². The lowest BCUT2D eigenvalue weighted by atomic mass is 10.1. The normalized spacial score (nSPS) is 11.0. The summed E-state index contributed by atoms with van der Waals surface area (Å²) in [7, 11) is 0. The first-order valence-electron chi connectivity index (χ1n) is 10.0. The van der Waals surface area contributed by atoms with Crippen LogP contribution in [0.1, 0.15) is 23.6 Å². The van der Waals surface area contributed by atoms with Crippen molar-refractivity contribution in [1.82, 2.24) is 14.3 Å². The molecule has 4 rings (SSSR count). The Hall–Kier alpha value is -3.67. The molecule has 2 aromatic heterocycles. The summed E-state index contributed by atoms with van der Waals surface area (Å²) in [5.74, 6) is -0.219. The number of nitrogens with zero attached hydrogens (tertiary/aromatic N) is 3. The van der Waals surface area contributed by atoms with Gasteiger partial charge in [-0.2, -0.15) is 0 Å². The van der Waals surface area contributed by atoms with Gasteiger partial charge in [0, 0.05) is 11.9 Å². The summed E-state index contributed by atoms with van der Waals surface area (Å²) in [6.45, 7) is 6.03. The Morgan fingerprint density at radius 1 is 1.07 bits per heavy atom. The monoisotopic (exact) mass is 400 g/mol. The molecule has 0 aliphatic rings. The van der Waals surface area contributed by atoms with E-state index >= 15 is 0 Å². The quantitative estimate of drug-likeness (QED) is 0.550. The average Bonchev–Trinajstić information content (AvgIpc) is 3.02. The topological polar surface area (TPSA) is 68.9 Å². The average molecular weight is 400 g/mol. The number of fused-ring (bicyclic) bond motifs is 1.